The summed E-state index contributed by atoms with van der Waals surface area (Å²) in [4.78, 5) is 15.0. The molecule has 7 heteroatoms. The molecule has 7 nitrogen and oxygen atoms in total. The van der Waals surface area contributed by atoms with Crippen molar-refractivity contribution in [3.8, 4) is 0 Å². The average molecular weight is 386 g/mol. The van der Waals surface area contributed by atoms with Gasteiger partial charge in [0.05, 0.1) is 17.3 Å². The average Bonchev–Trinajstić information content (AvgIpc) is 3.30. The lowest BCUT2D eigenvalue weighted by molar-refractivity contribution is 0.0760. The number of hydrogen-bond acceptors (Lipinski definition) is 4. The van der Waals surface area contributed by atoms with E-state index in [4.69, 9.17) is 0 Å². The molecule has 0 fully saturated rings. The lowest BCUT2D eigenvalue weighted by atomic mass is 10.1. The summed E-state index contributed by atoms with van der Waals surface area (Å²) in [7, 11) is 0. The standard InChI is InChI=1S/C22H22N6O/c29-22(18-16-23-28-12-5-4-8-19(18)28)26-13-11-21-25-24-20(27(21)15-14-26)10-9-17-6-2-1-3-7-17/h1-8,12,16H,9-11,13-15H2. The van der Waals surface area contributed by atoms with Gasteiger partial charge in [-0.05, 0) is 24.1 Å². The lowest BCUT2D eigenvalue weighted by Gasteiger charge is -2.19. The van der Waals surface area contributed by atoms with E-state index in [1.807, 2.05) is 35.4 Å². The molecule has 3 aromatic heterocycles. The van der Waals surface area contributed by atoms with Crippen molar-refractivity contribution in [2.75, 3.05) is 13.1 Å². The van der Waals surface area contributed by atoms with Crippen molar-refractivity contribution >= 4 is 11.4 Å². The molecule has 0 unspecified atom stereocenters. The summed E-state index contributed by atoms with van der Waals surface area (Å²) in [6.07, 6.45) is 6.01. The first-order valence-corrected chi connectivity index (χ1v) is 9.96. The van der Waals surface area contributed by atoms with Crippen LogP contribution in [0.2, 0.25) is 0 Å². The molecule has 4 heterocycles. The summed E-state index contributed by atoms with van der Waals surface area (Å²) in [5.41, 5.74) is 2.78. The molecule has 29 heavy (non-hydrogen) atoms. The van der Waals surface area contributed by atoms with E-state index in [0.717, 1.165) is 36.6 Å². The highest BCUT2D eigenvalue weighted by Crippen LogP contribution is 2.17. The molecule has 0 saturated carbocycles. The maximum absolute atomic E-state index is 13.1. The summed E-state index contributed by atoms with van der Waals surface area (Å²) in [6.45, 7) is 2.00. The Morgan fingerprint density at radius 1 is 0.931 bits per heavy atom. The van der Waals surface area contributed by atoms with E-state index in [2.05, 4.69) is 44.1 Å². The van der Waals surface area contributed by atoms with Crippen LogP contribution in [0.4, 0.5) is 0 Å². The van der Waals surface area contributed by atoms with Gasteiger partial charge in [0.1, 0.15) is 11.6 Å². The van der Waals surface area contributed by atoms with Crippen LogP contribution in [-0.2, 0) is 25.8 Å². The number of benzene rings is 1. The number of rotatable bonds is 4. The Labute approximate surface area is 168 Å². The second-order valence-electron chi connectivity index (χ2n) is 7.30. The van der Waals surface area contributed by atoms with Gasteiger partial charge in [-0.25, -0.2) is 4.52 Å². The number of pyridine rings is 1. The molecular weight excluding hydrogens is 364 g/mol. The third-order valence-corrected chi connectivity index (χ3v) is 5.53. The molecule has 0 bridgehead atoms. The molecule has 1 aliphatic rings. The van der Waals surface area contributed by atoms with E-state index in [9.17, 15) is 4.79 Å². The quantitative estimate of drug-likeness (QED) is 0.540. The van der Waals surface area contributed by atoms with Crippen molar-refractivity contribution < 1.29 is 4.79 Å². The van der Waals surface area contributed by atoms with Crippen molar-refractivity contribution in [2.45, 2.75) is 25.8 Å². The normalized spacial score (nSPS) is 14.0. The van der Waals surface area contributed by atoms with Crippen LogP contribution in [0.15, 0.2) is 60.9 Å². The molecule has 0 saturated heterocycles. The Balaban J connectivity index is 1.30. The molecule has 4 aromatic rings. The zero-order valence-electron chi connectivity index (χ0n) is 16.1. The van der Waals surface area contributed by atoms with Crippen LogP contribution < -0.4 is 0 Å². The number of aryl methyl sites for hydroxylation is 2. The highest BCUT2D eigenvalue weighted by atomic mass is 16.2. The highest BCUT2D eigenvalue weighted by molar-refractivity contribution is 6.00. The first-order chi connectivity index (χ1) is 14.3. The van der Waals surface area contributed by atoms with E-state index < -0.39 is 0 Å². The topological polar surface area (TPSA) is 68.3 Å². The van der Waals surface area contributed by atoms with Crippen molar-refractivity contribution in [3.63, 3.8) is 0 Å². The van der Waals surface area contributed by atoms with Gasteiger partial charge < -0.3 is 9.47 Å². The van der Waals surface area contributed by atoms with Gasteiger partial charge >= 0.3 is 0 Å². The first-order valence-electron chi connectivity index (χ1n) is 9.96. The van der Waals surface area contributed by atoms with Crippen LogP contribution in [0, 0.1) is 0 Å². The number of amides is 1. The molecule has 0 radical (unpaired) electrons. The van der Waals surface area contributed by atoms with Crippen LogP contribution in [-0.4, -0.2) is 48.3 Å². The second-order valence-corrected chi connectivity index (χ2v) is 7.30. The van der Waals surface area contributed by atoms with Gasteiger partial charge in [-0.3, -0.25) is 4.79 Å². The van der Waals surface area contributed by atoms with E-state index in [1.54, 1.807) is 10.7 Å². The Kier molecular flexibility index (Phi) is 4.56. The fourth-order valence-corrected chi connectivity index (χ4v) is 3.94. The number of hydrogen-bond donors (Lipinski definition) is 0. The van der Waals surface area contributed by atoms with Crippen LogP contribution in [0.3, 0.4) is 0 Å². The Hall–Kier alpha value is -3.48. The zero-order valence-corrected chi connectivity index (χ0v) is 16.1. The van der Waals surface area contributed by atoms with Gasteiger partial charge in [0.2, 0.25) is 0 Å². The molecule has 0 aliphatic carbocycles. The van der Waals surface area contributed by atoms with Crippen molar-refractivity contribution in [1.29, 1.82) is 0 Å². The number of carbonyl (C=O) groups excluding carboxylic acids is 1. The molecular formula is C22H22N6O. The second kappa shape index (κ2) is 7.50. The Morgan fingerprint density at radius 3 is 2.69 bits per heavy atom. The molecule has 0 spiro atoms. The fourth-order valence-electron chi connectivity index (χ4n) is 3.94. The zero-order chi connectivity index (χ0) is 19.6. The van der Waals surface area contributed by atoms with Crippen molar-refractivity contribution in [1.82, 2.24) is 29.3 Å². The molecule has 0 atom stereocenters. The predicted octanol–water partition coefficient (Wildman–Crippen LogP) is 2.41. The molecule has 146 valence electrons. The van der Waals surface area contributed by atoms with Crippen LogP contribution >= 0.6 is 0 Å². The Morgan fingerprint density at radius 2 is 1.79 bits per heavy atom. The first kappa shape index (κ1) is 17.6. The molecule has 1 aromatic carbocycles. The maximum atomic E-state index is 13.1. The molecule has 5 rings (SSSR count). The minimum atomic E-state index is 0.0238. The van der Waals surface area contributed by atoms with E-state index in [-0.39, 0.29) is 5.91 Å². The van der Waals surface area contributed by atoms with Gasteiger partial charge in [0, 0.05) is 38.7 Å². The third-order valence-electron chi connectivity index (χ3n) is 5.53. The van der Waals surface area contributed by atoms with Crippen LogP contribution in [0.25, 0.3) is 5.52 Å². The summed E-state index contributed by atoms with van der Waals surface area (Å²) in [5.74, 6) is 1.98. The van der Waals surface area contributed by atoms with Gasteiger partial charge in [0.15, 0.2) is 0 Å². The number of aromatic nitrogens is 5. The number of nitrogens with zero attached hydrogens (tertiary/aromatic N) is 6. The summed E-state index contributed by atoms with van der Waals surface area (Å²) in [5, 5.41) is 13.1. The van der Waals surface area contributed by atoms with Gasteiger partial charge in [-0.15, -0.1) is 10.2 Å². The van der Waals surface area contributed by atoms with E-state index >= 15 is 0 Å². The number of fused-ring (bicyclic) bond motifs is 2. The van der Waals surface area contributed by atoms with Gasteiger partial charge in [-0.2, -0.15) is 5.10 Å². The highest BCUT2D eigenvalue weighted by Gasteiger charge is 2.24. The molecule has 1 amide bonds. The SMILES string of the molecule is O=C(c1cnn2ccccc12)N1CCc2nnc(CCc3ccccc3)n2CC1. The van der Waals surface area contributed by atoms with E-state index in [0.29, 0.717) is 25.1 Å². The monoisotopic (exact) mass is 386 g/mol. The van der Waals surface area contributed by atoms with Crippen molar-refractivity contribution in [2.24, 2.45) is 0 Å². The minimum Gasteiger partial charge on any atom is -0.336 e. The molecule has 1 aliphatic heterocycles. The summed E-state index contributed by atoms with van der Waals surface area (Å²) >= 11 is 0. The largest absolute Gasteiger partial charge is 0.336 e. The van der Waals surface area contributed by atoms with E-state index in [1.165, 1.54) is 5.56 Å². The van der Waals surface area contributed by atoms with Crippen molar-refractivity contribution in [3.05, 3.63) is 83.7 Å². The number of carbonyl (C=O) groups is 1. The third kappa shape index (κ3) is 3.40. The lowest BCUT2D eigenvalue weighted by Crippen LogP contribution is -2.33. The predicted molar refractivity (Wildman–Crippen MR) is 109 cm³/mol. The van der Waals surface area contributed by atoms with Gasteiger partial charge in [-0.1, -0.05) is 36.4 Å². The minimum absolute atomic E-state index is 0.0238. The van der Waals surface area contributed by atoms with Gasteiger partial charge in [0.25, 0.3) is 5.91 Å². The van der Waals surface area contributed by atoms with Crippen LogP contribution in [0.1, 0.15) is 27.6 Å². The smallest absolute Gasteiger partial charge is 0.257 e. The van der Waals surface area contributed by atoms with Crippen LogP contribution in [0.5, 0.6) is 0 Å². The fraction of sp³-hybridized carbons (Fsp3) is 0.273. The summed E-state index contributed by atoms with van der Waals surface area (Å²) in [6, 6.07) is 16.2. The maximum Gasteiger partial charge on any atom is 0.257 e. The Bertz CT molecular complexity index is 1150. The molecule has 0 N–H and O–H groups in total. The summed E-state index contributed by atoms with van der Waals surface area (Å²) < 4.78 is 3.92.